The second-order valence-corrected chi connectivity index (χ2v) is 7.36. The standard InChI is InChI=1S/C29H22N2/c1-2-22-18-20-25(21-19-22)29-30-27(23-12-6-3-7-13-23)28(24-14-8-4-9-15-24)31(29)26-16-10-5-11-17-26/h2-21H,1H2. The van der Waals surface area contributed by atoms with Crippen LogP contribution in [0, 0.1) is 0 Å². The maximum atomic E-state index is 5.20. The maximum Gasteiger partial charge on any atom is 0.145 e. The SMILES string of the molecule is C=Cc1ccc(-c2nc(-c3ccccc3)c(-c3ccccc3)n2-c2ccccc2)cc1. The van der Waals surface area contributed by atoms with Crippen molar-refractivity contribution in [3.05, 3.63) is 127 Å². The lowest BCUT2D eigenvalue weighted by atomic mass is 10.0. The molecule has 0 spiro atoms. The number of aromatic nitrogens is 2. The van der Waals surface area contributed by atoms with E-state index in [9.17, 15) is 0 Å². The summed E-state index contributed by atoms with van der Waals surface area (Å²) in [5.74, 6) is 0.916. The molecule has 0 N–H and O–H groups in total. The van der Waals surface area contributed by atoms with Crippen molar-refractivity contribution in [3.8, 4) is 39.6 Å². The molecule has 148 valence electrons. The molecule has 0 radical (unpaired) electrons. The number of hydrogen-bond donors (Lipinski definition) is 0. The molecule has 0 aliphatic carbocycles. The Hall–Kier alpha value is -4.17. The highest BCUT2D eigenvalue weighted by molar-refractivity contribution is 5.84. The van der Waals surface area contributed by atoms with E-state index in [0.29, 0.717) is 0 Å². The van der Waals surface area contributed by atoms with E-state index in [0.717, 1.165) is 45.2 Å². The summed E-state index contributed by atoms with van der Waals surface area (Å²) in [5.41, 5.74) is 7.52. The van der Waals surface area contributed by atoms with Crippen LogP contribution in [0.5, 0.6) is 0 Å². The fourth-order valence-electron chi connectivity index (χ4n) is 3.87. The van der Waals surface area contributed by atoms with Crippen LogP contribution >= 0.6 is 0 Å². The third kappa shape index (κ3) is 3.60. The van der Waals surface area contributed by atoms with E-state index in [2.05, 4.69) is 108 Å². The average molecular weight is 399 g/mol. The molecule has 0 unspecified atom stereocenters. The van der Waals surface area contributed by atoms with Gasteiger partial charge in [-0.3, -0.25) is 4.57 Å². The summed E-state index contributed by atoms with van der Waals surface area (Å²) in [6, 6.07) is 39.7. The molecular formula is C29H22N2. The van der Waals surface area contributed by atoms with E-state index in [1.807, 2.05) is 24.3 Å². The molecule has 2 heteroatoms. The van der Waals surface area contributed by atoms with Gasteiger partial charge in [0.15, 0.2) is 0 Å². The van der Waals surface area contributed by atoms with Gasteiger partial charge in [-0.1, -0.05) is 116 Å². The quantitative estimate of drug-likeness (QED) is 0.299. The molecule has 0 saturated heterocycles. The molecule has 1 heterocycles. The van der Waals surface area contributed by atoms with E-state index < -0.39 is 0 Å². The van der Waals surface area contributed by atoms with Crippen molar-refractivity contribution < 1.29 is 0 Å². The van der Waals surface area contributed by atoms with Crippen molar-refractivity contribution in [3.63, 3.8) is 0 Å². The molecule has 31 heavy (non-hydrogen) atoms. The second kappa shape index (κ2) is 8.29. The lowest BCUT2D eigenvalue weighted by Gasteiger charge is -2.14. The third-order valence-electron chi connectivity index (χ3n) is 5.39. The van der Waals surface area contributed by atoms with E-state index in [4.69, 9.17) is 4.98 Å². The highest BCUT2D eigenvalue weighted by Gasteiger charge is 2.22. The maximum absolute atomic E-state index is 5.20. The van der Waals surface area contributed by atoms with Crippen LogP contribution in [-0.2, 0) is 0 Å². The Bertz CT molecular complexity index is 1300. The molecule has 2 nitrogen and oxygen atoms in total. The summed E-state index contributed by atoms with van der Waals surface area (Å²) in [7, 11) is 0. The van der Waals surface area contributed by atoms with E-state index >= 15 is 0 Å². The van der Waals surface area contributed by atoms with Crippen LogP contribution in [0.1, 0.15) is 5.56 Å². The molecule has 0 amide bonds. The second-order valence-electron chi connectivity index (χ2n) is 7.36. The lowest BCUT2D eigenvalue weighted by Crippen LogP contribution is -2.00. The lowest BCUT2D eigenvalue weighted by molar-refractivity contribution is 1.07. The van der Waals surface area contributed by atoms with Gasteiger partial charge in [0.2, 0.25) is 0 Å². The predicted molar refractivity (Wildman–Crippen MR) is 130 cm³/mol. The zero-order valence-electron chi connectivity index (χ0n) is 17.1. The van der Waals surface area contributed by atoms with E-state index in [-0.39, 0.29) is 0 Å². The largest absolute Gasteiger partial charge is 0.292 e. The minimum absolute atomic E-state index is 0.916. The summed E-state index contributed by atoms with van der Waals surface area (Å²) in [6.07, 6.45) is 1.86. The van der Waals surface area contributed by atoms with Gasteiger partial charge < -0.3 is 0 Å². The Labute approximate surface area is 182 Å². The highest BCUT2D eigenvalue weighted by atomic mass is 15.1. The molecule has 5 aromatic rings. The summed E-state index contributed by atoms with van der Waals surface area (Å²) in [6.45, 7) is 3.88. The molecular weight excluding hydrogens is 376 g/mol. The van der Waals surface area contributed by atoms with Crippen LogP contribution in [0.4, 0.5) is 0 Å². The monoisotopic (exact) mass is 398 g/mol. The van der Waals surface area contributed by atoms with Crippen LogP contribution in [0.3, 0.4) is 0 Å². The first kappa shape index (κ1) is 18.8. The minimum Gasteiger partial charge on any atom is -0.292 e. The summed E-state index contributed by atoms with van der Waals surface area (Å²) < 4.78 is 2.26. The first-order valence-electron chi connectivity index (χ1n) is 10.4. The van der Waals surface area contributed by atoms with Crippen molar-refractivity contribution in [2.24, 2.45) is 0 Å². The minimum atomic E-state index is 0.916. The zero-order chi connectivity index (χ0) is 21.0. The molecule has 0 bridgehead atoms. The summed E-state index contributed by atoms with van der Waals surface area (Å²) in [4.78, 5) is 5.20. The Balaban J connectivity index is 1.86. The van der Waals surface area contributed by atoms with E-state index in [1.54, 1.807) is 0 Å². The Morgan fingerprint density at radius 3 is 1.71 bits per heavy atom. The van der Waals surface area contributed by atoms with Gasteiger partial charge in [0, 0.05) is 22.4 Å². The zero-order valence-corrected chi connectivity index (χ0v) is 17.1. The smallest absolute Gasteiger partial charge is 0.145 e. The molecule has 0 atom stereocenters. The molecule has 4 aromatic carbocycles. The normalized spacial score (nSPS) is 10.7. The van der Waals surface area contributed by atoms with Crippen LogP contribution in [0.15, 0.2) is 122 Å². The van der Waals surface area contributed by atoms with Gasteiger partial charge in [-0.15, -0.1) is 0 Å². The number of hydrogen-bond acceptors (Lipinski definition) is 1. The predicted octanol–water partition coefficient (Wildman–Crippen LogP) is 7.52. The molecule has 0 aliphatic rings. The molecule has 0 fully saturated rings. The fourth-order valence-corrected chi connectivity index (χ4v) is 3.87. The average Bonchev–Trinajstić information content (AvgIpc) is 3.26. The van der Waals surface area contributed by atoms with Crippen molar-refractivity contribution in [2.45, 2.75) is 0 Å². The fraction of sp³-hybridized carbons (Fsp3) is 0. The van der Waals surface area contributed by atoms with Crippen LogP contribution in [0.2, 0.25) is 0 Å². The van der Waals surface area contributed by atoms with Crippen LogP contribution in [-0.4, -0.2) is 9.55 Å². The first-order chi connectivity index (χ1) is 15.3. The number of para-hydroxylation sites is 1. The van der Waals surface area contributed by atoms with Gasteiger partial charge in [0.1, 0.15) is 5.82 Å². The van der Waals surface area contributed by atoms with Gasteiger partial charge >= 0.3 is 0 Å². The summed E-state index contributed by atoms with van der Waals surface area (Å²) >= 11 is 0. The third-order valence-corrected chi connectivity index (χ3v) is 5.39. The van der Waals surface area contributed by atoms with Gasteiger partial charge in [-0.2, -0.15) is 0 Å². The van der Waals surface area contributed by atoms with Gasteiger partial charge in [-0.05, 0) is 17.7 Å². The van der Waals surface area contributed by atoms with Gasteiger partial charge in [-0.25, -0.2) is 4.98 Å². The summed E-state index contributed by atoms with van der Waals surface area (Å²) in [5, 5.41) is 0. The van der Waals surface area contributed by atoms with Gasteiger partial charge in [0.05, 0.1) is 11.4 Å². The van der Waals surface area contributed by atoms with E-state index in [1.165, 1.54) is 0 Å². The van der Waals surface area contributed by atoms with Crippen molar-refractivity contribution in [1.29, 1.82) is 0 Å². The van der Waals surface area contributed by atoms with Crippen LogP contribution in [0.25, 0.3) is 45.7 Å². The Morgan fingerprint density at radius 1 is 0.581 bits per heavy atom. The number of benzene rings is 4. The Kier molecular flexibility index (Phi) is 5.04. The molecule has 0 aliphatic heterocycles. The Morgan fingerprint density at radius 2 is 1.13 bits per heavy atom. The highest BCUT2D eigenvalue weighted by Crippen LogP contribution is 2.38. The van der Waals surface area contributed by atoms with Gasteiger partial charge in [0.25, 0.3) is 0 Å². The number of rotatable bonds is 5. The van der Waals surface area contributed by atoms with Crippen LogP contribution < -0.4 is 0 Å². The van der Waals surface area contributed by atoms with Crippen molar-refractivity contribution >= 4 is 6.08 Å². The first-order valence-corrected chi connectivity index (χ1v) is 10.4. The molecule has 1 aromatic heterocycles. The number of imidazole rings is 1. The molecule has 0 saturated carbocycles. The topological polar surface area (TPSA) is 17.8 Å². The number of nitrogens with zero attached hydrogens (tertiary/aromatic N) is 2. The molecule has 5 rings (SSSR count). The van der Waals surface area contributed by atoms with Crippen molar-refractivity contribution in [1.82, 2.24) is 9.55 Å². The van der Waals surface area contributed by atoms with Crippen molar-refractivity contribution in [2.75, 3.05) is 0 Å².